The zero-order chi connectivity index (χ0) is 11.3. The van der Waals surface area contributed by atoms with Gasteiger partial charge in [0.05, 0.1) is 0 Å². The van der Waals surface area contributed by atoms with Gasteiger partial charge in [-0.15, -0.1) is 0 Å². The number of aryl methyl sites for hydroxylation is 1. The molecule has 0 fully saturated rings. The first kappa shape index (κ1) is 11.4. The molecule has 1 amide bonds. The quantitative estimate of drug-likeness (QED) is 0.502. The van der Waals surface area contributed by atoms with Gasteiger partial charge in [-0.05, 0) is 37.1 Å². The lowest BCUT2D eigenvalue weighted by molar-refractivity contribution is -0.118. The summed E-state index contributed by atoms with van der Waals surface area (Å²) in [5, 5.41) is 3.20. The summed E-state index contributed by atoms with van der Waals surface area (Å²) in [6.07, 6.45) is 1.17. The highest BCUT2D eigenvalue weighted by Gasteiger charge is 1.97. The van der Waals surface area contributed by atoms with Crippen molar-refractivity contribution >= 4 is 17.3 Å². The Morgan fingerprint density at radius 2 is 2.20 bits per heavy atom. The minimum atomic E-state index is -0.259. The molecule has 0 saturated heterocycles. The Labute approximate surface area is 89.6 Å². The molecule has 0 aliphatic heterocycles. The first-order valence-electron chi connectivity index (χ1n) is 4.98. The summed E-state index contributed by atoms with van der Waals surface area (Å²) in [5.41, 5.74) is 13.6. The topological polar surface area (TPSA) is 81.1 Å². The van der Waals surface area contributed by atoms with Gasteiger partial charge in [-0.2, -0.15) is 0 Å². The number of benzene rings is 1. The van der Waals surface area contributed by atoms with Crippen molar-refractivity contribution < 1.29 is 4.79 Å². The smallest absolute Gasteiger partial charge is 0.217 e. The van der Waals surface area contributed by atoms with Crippen molar-refractivity contribution in [1.82, 2.24) is 0 Å². The maximum Gasteiger partial charge on any atom is 0.217 e. The van der Waals surface area contributed by atoms with Crippen molar-refractivity contribution in [3.63, 3.8) is 0 Å². The number of hydrogen-bond donors (Lipinski definition) is 3. The second-order valence-electron chi connectivity index (χ2n) is 3.57. The van der Waals surface area contributed by atoms with Crippen LogP contribution in [0.5, 0.6) is 0 Å². The van der Waals surface area contributed by atoms with Crippen molar-refractivity contribution in [3.8, 4) is 0 Å². The fourth-order valence-corrected chi connectivity index (χ4v) is 1.28. The second-order valence-corrected chi connectivity index (χ2v) is 3.57. The number of rotatable bonds is 5. The molecule has 82 valence electrons. The van der Waals surface area contributed by atoms with Crippen molar-refractivity contribution in [2.75, 3.05) is 17.6 Å². The third-order valence-electron chi connectivity index (χ3n) is 2.20. The molecule has 0 bridgehead atoms. The summed E-state index contributed by atoms with van der Waals surface area (Å²) >= 11 is 0. The van der Waals surface area contributed by atoms with Gasteiger partial charge in [0.15, 0.2) is 0 Å². The van der Waals surface area contributed by atoms with Crippen LogP contribution >= 0.6 is 0 Å². The SMILES string of the molecule is Cc1cc(NCCCC(N)=O)ccc1N. The molecule has 1 aromatic rings. The normalized spacial score (nSPS) is 9.93. The van der Waals surface area contributed by atoms with E-state index in [9.17, 15) is 4.79 Å². The van der Waals surface area contributed by atoms with Gasteiger partial charge in [-0.25, -0.2) is 0 Å². The van der Waals surface area contributed by atoms with Gasteiger partial charge in [0, 0.05) is 24.3 Å². The van der Waals surface area contributed by atoms with Gasteiger partial charge in [0.2, 0.25) is 5.91 Å². The largest absolute Gasteiger partial charge is 0.399 e. The zero-order valence-electron chi connectivity index (χ0n) is 8.92. The van der Waals surface area contributed by atoms with Crippen LogP contribution in [0.1, 0.15) is 18.4 Å². The molecule has 0 radical (unpaired) electrons. The Morgan fingerprint density at radius 1 is 1.47 bits per heavy atom. The minimum absolute atomic E-state index is 0.259. The Morgan fingerprint density at radius 3 is 2.80 bits per heavy atom. The molecule has 1 aromatic carbocycles. The number of carbonyl (C=O) groups excluding carboxylic acids is 1. The number of anilines is 2. The molecule has 0 spiro atoms. The average Bonchev–Trinajstić information content (AvgIpc) is 2.18. The second kappa shape index (κ2) is 5.24. The van der Waals surface area contributed by atoms with E-state index in [1.165, 1.54) is 0 Å². The average molecular weight is 207 g/mol. The molecule has 0 unspecified atom stereocenters. The number of nitrogens with one attached hydrogen (secondary N) is 1. The summed E-state index contributed by atoms with van der Waals surface area (Å²) in [4.78, 5) is 10.5. The van der Waals surface area contributed by atoms with E-state index in [1.54, 1.807) is 0 Å². The van der Waals surface area contributed by atoms with E-state index in [1.807, 2.05) is 25.1 Å². The van der Waals surface area contributed by atoms with E-state index in [4.69, 9.17) is 11.5 Å². The van der Waals surface area contributed by atoms with Crippen LogP contribution in [0.25, 0.3) is 0 Å². The van der Waals surface area contributed by atoms with Crippen LogP contribution in [-0.4, -0.2) is 12.5 Å². The molecular weight excluding hydrogens is 190 g/mol. The number of carbonyl (C=O) groups is 1. The Bertz CT molecular complexity index is 350. The number of nitrogen functional groups attached to an aromatic ring is 1. The van der Waals surface area contributed by atoms with E-state index in [0.717, 1.165) is 29.9 Å². The van der Waals surface area contributed by atoms with E-state index in [-0.39, 0.29) is 5.91 Å². The summed E-state index contributed by atoms with van der Waals surface area (Å²) in [6, 6.07) is 5.78. The van der Waals surface area contributed by atoms with Crippen LogP contribution in [0.3, 0.4) is 0 Å². The fourth-order valence-electron chi connectivity index (χ4n) is 1.28. The summed E-state index contributed by atoms with van der Waals surface area (Å²) in [6.45, 7) is 2.70. The first-order chi connectivity index (χ1) is 7.09. The maximum absolute atomic E-state index is 10.5. The van der Waals surface area contributed by atoms with Crippen LogP contribution in [-0.2, 0) is 4.79 Å². The van der Waals surface area contributed by atoms with E-state index >= 15 is 0 Å². The predicted octanol–water partition coefficient (Wildman–Crippen LogP) is 1.25. The Hall–Kier alpha value is -1.71. The van der Waals surface area contributed by atoms with Gasteiger partial charge >= 0.3 is 0 Å². The van der Waals surface area contributed by atoms with Gasteiger partial charge in [0.1, 0.15) is 0 Å². The van der Waals surface area contributed by atoms with Crippen molar-refractivity contribution in [3.05, 3.63) is 23.8 Å². The van der Waals surface area contributed by atoms with Crippen molar-refractivity contribution in [2.24, 2.45) is 5.73 Å². The standard InChI is InChI=1S/C11H17N3O/c1-8-7-9(4-5-10(8)12)14-6-2-3-11(13)15/h4-5,7,14H,2-3,6,12H2,1H3,(H2,13,15). The molecule has 15 heavy (non-hydrogen) atoms. The number of hydrogen-bond acceptors (Lipinski definition) is 3. The predicted molar refractivity (Wildman–Crippen MR) is 62.5 cm³/mol. The molecule has 4 heteroatoms. The highest BCUT2D eigenvalue weighted by Crippen LogP contribution is 2.16. The molecule has 0 heterocycles. The van der Waals surface area contributed by atoms with Crippen LogP contribution in [0.4, 0.5) is 11.4 Å². The zero-order valence-corrected chi connectivity index (χ0v) is 8.92. The van der Waals surface area contributed by atoms with E-state index in [2.05, 4.69) is 5.32 Å². The van der Waals surface area contributed by atoms with Crippen LogP contribution in [0, 0.1) is 6.92 Å². The summed E-state index contributed by atoms with van der Waals surface area (Å²) < 4.78 is 0. The van der Waals surface area contributed by atoms with Gasteiger partial charge in [0.25, 0.3) is 0 Å². The van der Waals surface area contributed by atoms with E-state index < -0.39 is 0 Å². The molecule has 5 N–H and O–H groups in total. The van der Waals surface area contributed by atoms with E-state index in [0.29, 0.717) is 6.42 Å². The fraction of sp³-hybridized carbons (Fsp3) is 0.364. The maximum atomic E-state index is 10.5. The van der Waals surface area contributed by atoms with Gasteiger partial charge < -0.3 is 16.8 Å². The number of primary amides is 1. The lowest BCUT2D eigenvalue weighted by Crippen LogP contribution is -2.12. The lowest BCUT2D eigenvalue weighted by atomic mass is 10.2. The highest BCUT2D eigenvalue weighted by atomic mass is 16.1. The van der Waals surface area contributed by atoms with Gasteiger partial charge in [-0.1, -0.05) is 0 Å². The summed E-state index contributed by atoms with van der Waals surface area (Å²) in [5.74, 6) is -0.259. The number of amides is 1. The molecule has 4 nitrogen and oxygen atoms in total. The molecular formula is C11H17N3O. The molecule has 0 saturated carbocycles. The highest BCUT2D eigenvalue weighted by molar-refractivity contribution is 5.73. The molecule has 0 aromatic heterocycles. The first-order valence-corrected chi connectivity index (χ1v) is 4.98. The Kier molecular flexibility index (Phi) is 3.97. The van der Waals surface area contributed by atoms with Crippen molar-refractivity contribution in [1.29, 1.82) is 0 Å². The van der Waals surface area contributed by atoms with Crippen LogP contribution in [0.2, 0.25) is 0 Å². The summed E-state index contributed by atoms with van der Waals surface area (Å²) in [7, 11) is 0. The monoisotopic (exact) mass is 207 g/mol. The molecule has 0 atom stereocenters. The molecule has 0 aliphatic rings. The number of nitrogens with two attached hydrogens (primary N) is 2. The molecule has 0 aliphatic carbocycles. The van der Waals surface area contributed by atoms with Crippen molar-refractivity contribution in [2.45, 2.75) is 19.8 Å². The lowest BCUT2D eigenvalue weighted by Gasteiger charge is -2.07. The third kappa shape index (κ3) is 3.89. The van der Waals surface area contributed by atoms with Crippen LogP contribution in [0.15, 0.2) is 18.2 Å². The Balaban J connectivity index is 2.38. The molecule has 1 rings (SSSR count). The van der Waals surface area contributed by atoms with Crippen LogP contribution < -0.4 is 16.8 Å². The minimum Gasteiger partial charge on any atom is -0.399 e. The van der Waals surface area contributed by atoms with Gasteiger partial charge in [-0.3, -0.25) is 4.79 Å². The third-order valence-corrected chi connectivity index (χ3v) is 2.20.